The molecular weight excluding hydrogens is 264 g/mol. The number of allylic oxidation sites excluding steroid dienone is 4. The van der Waals surface area contributed by atoms with Crippen LogP contribution in [0.15, 0.2) is 36.5 Å². The van der Waals surface area contributed by atoms with E-state index in [4.69, 9.17) is 5.11 Å². The summed E-state index contributed by atoms with van der Waals surface area (Å²) in [5.41, 5.74) is 0. The third-order valence-corrected chi connectivity index (χ3v) is 3.12. The smallest absolute Gasteiger partial charge is 0.303 e. The van der Waals surface area contributed by atoms with Gasteiger partial charge < -0.3 is 10.2 Å². The summed E-state index contributed by atoms with van der Waals surface area (Å²) in [6.07, 6.45) is 19.7. The van der Waals surface area contributed by atoms with E-state index in [2.05, 4.69) is 19.1 Å². The Balaban J connectivity index is 3.43. The quantitative estimate of drug-likeness (QED) is 0.296. The Morgan fingerprint density at radius 1 is 1.00 bits per heavy atom. The van der Waals surface area contributed by atoms with Gasteiger partial charge in [-0.15, -0.1) is 0 Å². The average Bonchev–Trinajstić information content (AvgIpc) is 2.44. The highest BCUT2D eigenvalue weighted by Crippen LogP contribution is 2.07. The van der Waals surface area contributed by atoms with E-state index in [1.165, 1.54) is 0 Å². The van der Waals surface area contributed by atoms with Crippen LogP contribution in [-0.4, -0.2) is 22.3 Å². The number of carbonyl (C=O) groups is 1. The Hall–Kier alpha value is -1.35. The van der Waals surface area contributed by atoms with Crippen LogP contribution in [0.5, 0.6) is 0 Å². The number of carboxylic acid groups (broad SMARTS) is 1. The third-order valence-electron chi connectivity index (χ3n) is 3.12. The van der Waals surface area contributed by atoms with E-state index < -0.39 is 12.1 Å². The summed E-state index contributed by atoms with van der Waals surface area (Å²) in [5.74, 6) is -0.697. The van der Waals surface area contributed by atoms with Gasteiger partial charge in [-0.05, 0) is 32.1 Å². The van der Waals surface area contributed by atoms with E-state index in [1.54, 1.807) is 0 Å². The number of carboxylic acids is 1. The highest BCUT2D eigenvalue weighted by molar-refractivity contribution is 5.66. The van der Waals surface area contributed by atoms with Crippen LogP contribution in [0, 0.1) is 0 Å². The first-order chi connectivity index (χ1) is 10.2. The molecule has 0 bridgehead atoms. The lowest BCUT2D eigenvalue weighted by Crippen LogP contribution is -1.98. The molecule has 0 aromatic rings. The first-order valence-electron chi connectivity index (χ1n) is 8.05. The predicted molar refractivity (Wildman–Crippen MR) is 88.3 cm³/mol. The SMILES string of the molecule is CC/C=C\C[C@@H](O)/C=C\C=C\CCCCCCCC(=O)O. The number of unbranched alkanes of at least 4 members (excludes halogenated alkanes) is 5. The minimum absolute atomic E-state index is 0.292. The van der Waals surface area contributed by atoms with Gasteiger partial charge >= 0.3 is 5.97 Å². The topological polar surface area (TPSA) is 57.5 Å². The second-order valence-corrected chi connectivity index (χ2v) is 5.20. The molecule has 1 atom stereocenters. The molecule has 0 heterocycles. The summed E-state index contributed by atoms with van der Waals surface area (Å²) in [6, 6.07) is 0. The average molecular weight is 294 g/mol. The van der Waals surface area contributed by atoms with Crippen molar-refractivity contribution in [1.29, 1.82) is 0 Å². The van der Waals surface area contributed by atoms with Gasteiger partial charge in [-0.2, -0.15) is 0 Å². The molecule has 0 unspecified atom stereocenters. The zero-order valence-electron chi connectivity index (χ0n) is 13.2. The maximum atomic E-state index is 10.3. The molecule has 21 heavy (non-hydrogen) atoms. The molecule has 0 aromatic carbocycles. The van der Waals surface area contributed by atoms with Crippen LogP contribution in [0.1, 0.15) is 64.7 Å². The lowest BCUT2D eigenvalue weighted by Gasteiger charge is -1.99. The van der Waals surface area contributed by atoms with Crippen molar-refractivity contribution < 1.29 is 15.0 Å². The first kappa shape index (κ1) is 19.7. The molecule has 0 saturated carbocycles. The highest BCUT2D eigenvalue weighted by Gasteiger charge is 1.96. The fourth-order valence-corrected chi connectivity index (χ4v) is 1.92. The summed E-state index contributed by atoms with van der Waals surface area (Å²) in [7, 11) is 0. The molecule has 0 saturated heterocycles. The van der Waals surface area contributed by atoms with Gasteiger partial charge in [0.15, 0.2) is 0 Å². The maximum absolute atomic E-state index is 10.3. The van der Waals surface area contributed by atoms with Gasteiger partial charge in [0.25, 0.3) is 0 Å². The van der Waals surface area contributed by atoms with Crippen molar-refractivity contribution in [2.24, 2.45) is 0 Å². The van der Waals surface area contributed by atoms with E-state index in [-0.39, 0.29) is 0 Å². The second kappa shape index (κ2) is 15.0. The van der Waals surface area contributed by atoms with E-state index >= 15 is 0 Å². The lowest BCUT2D eigenvalue weighted by molar-refractivity contribution is -0.137. The Morgan fingerprint density at radius 2 is 1.71 bits per heavy atom. The maximum Gasteiger partial charge on any atom is 0.303 e. The van der Waals surface area contributed by atoms with Gasteiger partial charge in [-0.1, -0.05) is 62.6 Å². The lowest BCUT2D eigenvalue weighted by atomic mass is 10.1. The number of hydrogen-bond acceptors (Lipinski definition) is 2. The fourth-order valence-electron chi connectivity index (χ4n) is 1.92. The van der Waals surface area contributed by atoms with Crippen LogP contribution in [0.2, 0.25) is 0 Å². The van der Waals surface area contributed by atoms with Gasteiger partial charge in [0.05, 0.1) is 6.10 Å². The normalized spacial score (nSPS) is 13.6. The van der Waals surface area contributed by atoms with Crippen LogP contribution in [-0.2, 0) is 4.79 Å². The zero-order valence-corrected chi connectivity index (χ0v) is 13.2. The molecule has 0 aliphatic carbocycles. The van der Waals surface area contributed by atoms with Crippen molar-refractivity contribution in [3.05, 3.63) is 36.5 Å². The number of hydrogen-bond donors (Lipinski definition) is 2. The van der Waals surface area contributed by atoms with Gasteiger partial charge in [-0.25, -0.2) is 0 Å². The molecule has 0 aliphatic rings. The Labute approximate surface area is 129 Å². The van der Waals surface area contributed by atoms with Crippen molar-refractivity contribution in [2.75, 3.05) is 0 Å². The molecule has 3 nitrogen and oxygen atoms in total. The molecule has 0 aliphatic heterocycles. The second-order valence-electron chi connectivity index (χ2n) is 5.20. The van der Waals surface area contributed by atoms with Crippen molar-refractivity contribution in [2.45, 2.75) is 70.8 Å². The summed E-state index contributed by atoms with van der Waals surface area (Å²) >= 11 is 0. The monoisotopic (exact) mass is 294 g/mol. The molecule has 0 amide bonds. The molecular formula is C18H30O3. The van der Waals surface area contributed by atoms with Crippen LogP contribution in [0.3, 0.4) is 0 Å². The van der Waals surface area contributed by atoms with Crippen LogP contribution in [0.25, 0.3) is 0 Å². The van der Waals surface area contributed by atoms with Crippen molar-refractivity contribution in [3.8, 4) is 0 Å². The molecule has 120 valence electrons. The fraction of sp³-hybridized carbons (Fsp3) is 0.611. The molecule has 0 spiro atoms. The summed E-state index contributed by atoms with van der Waals surface area (Å²) < 4.78 is 0. The zero-order chi connectivity index (χ0) is 15.8. The van der Waals surface area contributed by atoms with Gasteiger partial charge in [0.2, 0.25) is 0 Å². The molecule has 0 aromatic heterocycles. The van der Waals surface area contributed by atoms with E-state index in [1.807, 2.05) is 24.3 Å². The summed E-state index contributed by atoms with van der Waals surface area (Å²) in [6.45, 7) is 2.08. The molecule has 0 radical (unpaired) electrons. The van der Waals surface area contributed by atoms with Gasteiger partial charge in [0.1, 0.15) is 0 Å². The van der Waals surface area contributed by atoms with E-state index in [0.29, 0.717) is 12.8 Å². The van der Waals surface area contributed by atoms with E-state index in [9.17, 15) is 9.90 Å². The summed E-state index contributed by atoms with van der Waals surface area (Å²) in [5, 5.41) is 18.1. The third kappa shape index (κ3) is 16.6. The van der Waals surface area contributed by atoms with Crippen molar-refractivity contribution >= 4 is 5.97 Å². The number of aliphatic hydroxyl groups excluding tert-OH is 1. The highest BCUT2D eigenvalue weighted by atomic mass is 16.4. The molecule has 3 heteroatoms. The predicted octanol–water partition coefficient (Wildman–Crippen LogP) is 4.63. The largest absolute Gasteiger partial charge is 0.481 e. The summed E-state index contributed by atoms with van der Waals surface area (Å²) in [4.78, 5) is 10.3. The number of aliphatic carboxylic acids is 1. The van der Waals surface area contributed by atoms with Gasteiger partial charge in [-0.3, -0.25) is 4.79 Å². The van der Waals surface area contributed by atoms with Crippen molar-refractivity contribution in [1.82, 2.24) is 0 Å². The minimum atomic E-state index is -0.697. The van der Waals surface area contributed by atoms with Crippen LogP contribution >= 0.6 is 0 Å². The Morgan fingerprint density at radius 3 is 2.43 bits per heavy atom. The Kier molecular flexibility index (Phi) is 14.1. The molecule has 0 rings (SSSR count). The molecule has 0 fully saturated rings. The number of rotatable bonds is 13. The van der Waals surface area contributed by atoms with E-state index in [0.717, 1.165) is 44.9 Å². The first-order valence-corrected chi connectivity index (χ1v) is 8.05. The van der Waals surface area contributed by atoms with Crippen molar-refractivity contribution in [3.63, 3.8) is 0 Å². The van der Waals surface area contributed by atoms with Crippen LogP contribution in [0.4, 0.5) is 0 Å². The molecule has 2 N–H and O–H groups in total. The van der Waals surface area contributed by atoms with Gasteiger partial charge in [0, 0.05) is 6.42 Å². The minimum Gasteiger partial charge on any atom is -0.481 e. The number of aliphatic hydroxyl groups is 1. The standard InChI is InChI=1S/C18H30O3/c1-2-3-11-14-17(19)15-12-9-7-5-4-6-8-10-13-16-18(20)21/h3,7,9,11-12,15,17,19H,2,4-6,8,10,13-14,16H2,1H3,(H,20,21)/b9-7+,11-3-,15-12-/t17-/m1/s1. The Bertz CT molecular complexity index is 329. The van der Waals surface area contributed by atoms with Crippen LogP contribution < -0.4 is 0 Å².